The Hall–Kier alpha value is -3.00. The van der Waals surface area contributed by atoms with Crippen molar-refractivity contribution in [2.24, 2.45) is 5.10 Å². The fourth-order valence-electron chi connectivity index (χ4n) is 1.66. The quantitative estimate of drug-likeness (QED) is 0.499. The van der Waals surface area contributed by atoms with Crippen molar-refractivity contribution in [2.75, 3.05) is 0 Å². The molecule has 0 fully saturated rings. The molecular weight excluding hydrogens is 318 g/mol. The van der Waals surface area contributed by atoms with Crippen molar-refractivity contribution in [3.63, 3.8) is 0 Å². The predicted molar refractivity (Wildman–Crippen MR) is 87.4 cm³/mol. The van der Waals surface area contributed by atoms with E-state index in [1.165, 1.54) is 6.21 Å². The van der Waals surface area contributed by atoms with E-state index in [2.05, 4.69) is 5.10 Å². The maximum absolute atomic E-state index is 11.9. The molecule has 0 amide bonds. The highest BCUT2D eigenvalue weighted by molar-refractivity contribution is 7.89. The van der Waals surface area contributed by atoms with E-state index in [0.29, 0.717) is 0 Å². The summed E-state index contributed by atoms with van der Waals surface area (Å²) in [5, 5.41) is 14.1. The summed E-state index contributed by atoms with van der Waals surface area (Å²) in [6, 6.07) is 14.0. The molecule has 0 aliphatic carbocycles. The largest absolute Gasteiger partial charge is 0.276 e. The van der Waals surface area contributed by atoms with Crippen LogP contribution in [-0.4, -0.2) is 19.6 Å². The molecule has 2 rings (SSSR count). The van der Waals surface area contributed by atoms with E-state index in [-0.39, 0.29) is 10.6 Å². The number of non-ortho nitro benzene ring substituents is 1. The van der Waals surface area contributed by atoms with Crippen LogP contribution in [0.1, 0.15) is 5.56 Å². The van der Waals surface area contributed by atoms with E-state index in [4.69, 9.17) is 0 Å². The molecular formula is C15H13N3O4S. The van der Waals surface area contributed by atoms with Gasteiger partial charge in [-0.3, -0.25) is 10.1 Å². The summed E-state index contributed by atoms with van der Waals surface area (Å²) >= 11 is 0. The molecule has 0 saturated heterocycles. The van der Waals surface area contributed by atoms with Crippen LogP contribution in [0.3, 0.4) is 0 Å². The fourth-order valence-corrected chi connectivity index (χ4v) is 2.46. The first kappa shape index (κ1) is 16.4. The molecule has 0 saturated carbocycles. The van der Waals surface area contributed by atoms with Gasteiger partial charge in [-0.2, -0.15) is 13.5 Å². The van der Waals surface area contributed by atoms with Crippen LogP contribution in [0.5, 0.6) is 0 Å². The van der Waals surface area contributed by atoms with Gasteiger partial charge in [0.2, 0.25) is 0 Å². The molecule has 23 heavy (non-hydrogen) atoms. The number of hydrogen-bond donors (Lipinski definition) is 1. The van der Waals surface area contributed by atoms with Crippen LogP contribution in [0.25, 0.3) is 6.08 Å². The van der Waals surface area contributed by atoms with E-state index < -0.39 is 14.9 Å². The highest BCUT2D eigenvalue weighted by atomic mass is 32.2. The number of hydrogen-bond acceptors (Lipinski definition) is 5. The molecule has 0 aromatic heterocycles. The summed E-state index contributed by atoms with van der Waals surface area (Å²) in [6.45, 7) is 0. The average Bonchev–Trinajstić information content (AvgIpc) is 2.55. The topological polar surface area (TPSA) is 102 Å². The van der Waals surface area contributed by atoms with E-state index in [0.717, 1.165) is 29.8 Å². The molecule has 0 radical (unpaired) electrons. The Bertz CT molecular complexity index is 829. The molecule has 0 bridgehead atoms. The van der Waals surface area contributed by atoms with E-state index in [1.807, 2.05) is 35.2 Å². The third-order valence-electron chi connectivity index (χ3n) is 2.78. The smallest absolute Gasteiger partial charge is 0.258 e. The second-order valence-corrected chi connectivity index (χ2v) is 6.05. The number of nitro benzene ring substituents is 1. The van der Waals surface area contributed by atoms with E-state index in [9.17, 15) is 18.5 Å². The predicted octanol–water partition coefficient (Wildman–Crippen LogP) is 2.57. The Morgan fingerprint density at radius 3 is 2.30 bits per heavy atom. The zero-order valence-corrected chi connectivity index (χ0v) is 12.7. The monoisotopic (exact) mass is 331 g/mol. The summed E-state index contributed by atoms with van der Waals surface area (Å²) in [4.78, 5) is 11.9. The van der Waals surface area contributed by atoms with Gasteiger partial charge < -0.3 is 0 Å². The second kappa shape index (κ2) is 7.32. The zero-order chi connectivity index (χ0) is 16.7. The van der Waals surface area contributed by atoms with Crippen molar-refractivity contribution in [1.82, 2.24) is 4.83 Å². The minimum atomic E-state index is -3.85. The van der Waals surface area contributed by atoms with E-state index >= 15 is 0 Å². The van der Waals surface area contributed by atoms with Crippen molar-refractivity contribution in [1.29, 1.82) is 0 Å². The van der Waals surface area contributed by atoms with Crippen molar-refractivity contribution >= 4 is 28.0 Å². The lowest BCUT2D eigenvalue weighted by Crippen LogP contribution is -2.18. The minimum absolute atomic E-state index is 0.104. The molecule has 2 aromatic carbocycles. The second-order valence-electron chi connectivity index (χ2n) is 4.39. The first-order chi connectivity index (χ1) is 11.0. The lowest BCUT2D eigenvalue weighted by atomic mass is 10.2. The Morgan fingerprint density at radius 1 is 1.04 bits per heavy atom. The summed E-state index contributed by atoms with van der Waals surface area (Å²) < 4.78 is 23.9. The van der Waals surface area contributed by atoms with E-state index in [1.54, 1.807) is 12.2 Å². The number of nitrogens with zero attached hydrogens (tertiary/aromatic N) is 2. The first-order valence-electron chi connectivity index (χ1n) is 6.50. The molecule has 0 heterocycles. The third kappa shape index (κ3) is 4.75. The molecule has 0 unspecified atom stereocenters. The molecule has 0 aliphatic heterocycles. The number of nitrogens with one attached hydrogen (secondary N) is 1. The third-order valence-corrected chi connectivity index (χ3v) is 4.02. The van der Waals surface area contributed by atoms with Gasteiger partial charge in [-0.1, -0.05) is 36.4 Å². The number of allylic oxidation sites excluding steroid dienone is 1. The highest BCUT2D eigenvalue weighted by Gasteiger charge is 2.14. The summed E-state index contributed by atoms with van der Waals surface area (Å²) in [6.07, 6.45) is 4.66. The maximum atomic E-state index is 11.9. The molecule has 0 atom stereocenters. The number of hydrazone groups is 1. The van der Waals surface area contributed by atoms with Crippen LogP contribution in [0.2, 0.25) is 0 Å². The standard InChI is InChI=1S/C15H13N3O4S/c19-18(20)14-8-10-15(11-9-14)23(21,22)17-16-12-4-7-13-5-2-1-3-6-13/h1-12,17H/b7-4+,16-12-. The number of sulfonamides is 1. The normalized spacial score (nSPS) is 11.8. The van der Waals surface area contributed by atoms with Gasteiger partial charge in [0.1, 0.15) is 0 Å². The summed E-state index contributed by atoms with van der Waals surface area (Å²) in [7, 11) is -3.85. The molecule has 0 spiro atoms. The van der Waals surface area contributed by atoms with Crippen molar-refractivity contribution in [2.45, 2.75) is 4.90 Å². The number of benzene rings is 2. The lowest BCUT2D eigenvalue weighted by molar-refractivity contribution is -0.384. The van der Waals surface area contributed by atoms with Crippen LogP contribution < -0.4 is 4.83 Å². The van der Waals surface area contributed by atoms with Crippen molar-refractivity contribution in [3.05, 3.63) is 76.4 Å². The first-order valence-corrected chi connectivity index (χ1v) is 7.98. The van der Waals surface area contributed by atoms with Crippen molar-refractivity contribution < 1.29 is 13.3 Å². The van der Waals surface area contributed by atoms with Gasteiger partial charge in [0, 0.05) is 18.3 Å². The van der Waals surface area contributed by atoms with Gasteiger partial charge in [-0.25, -0.2) is 4.83 Å². The Morgan fingerprint density at radius 2 is 1.70 bits per heavy atom. The Labute approximate surface area is 133 Å². The van der Waals surface area contributed by atoms with Crippen LogP contribution >= 0.6 is 0 Å². The van der Waals surface area contributed by atoms with Gasteiger partial charge in [0.05, 0.1) is 9.82 Å². The van der Waals surface area contributed by atoms with Crippen LogP contribution in [0.15, 0.2) is 70.7 Å². The molecule has 118 valence electrons. The van der Waals surface area contributed by atoms with Gasteiger partial charge in [0.25, 0.3) is 15.7 Å². The van der Waals surface area contributed by atoms with Gasteiger partial charge >= 0.3 is 0 Å². The lowest BCUT2D eigenvalue weighted by Gasteiger charge is -2.02. The van der Waals surface area contributed by atoms with Crippen molar-refractivity contribution in [3.8, 4) is 0 Å². The molecule has 0 aliphatic rings. The van der Waals surface area contributed by atoms with Crippen LogP contribution in [0, 0.1) is 10.1 Å². The maximum Gasteiger partial charge on any atom is 0.276 e. The zero-order valence-electron chi connectivity index (χ0n) is 11.9. The SMILES string of the molecule is O=[N+]([O-])c1ccc(S(=O)(=O)N/N=C\C=C\c2ccccc2)cc1. The molecule has 1 N–H and O–H groups in total. The minimum Gasteiger partial charge on any atom is -0.258 e. The summed E-state index contributed by atoms with van der Waals surface area (Å²) in [5.41, 5.74) is 0.774. The Balaban J connectivity index is 1.99. The van der Waals surface area contributed by atoms with Gasteiger partial charge in [0.15, 0.2) is 0 Å². The highest BCUT2D eigenvalue weighted by Crippen LogP contribution is 2.15. The van der Waals surface area contributed by atoms with Gasteiger partial charge in [-0.05, 0) is 23.8 Å². The Kier molecular flexibility index (Phi) is 5.21. The molecule has 2 aromatic rings. The average molecular weight is 331 g/mol. The van der Waals surface area contributed by atoms with Crippen LogP contribution in [0.4, 0.5) is 5.69 Å². The molecule has 8 heteroatoms. The summed E-state index contributed by atoms with van der Waals surface area (Å²) in [5.74, 6) is 0. The fraction of sp³-hybridized carbons (Fsp3) is 0. The number of nitro groups is 1. The van der Waals surface area contributed by atoms with Gasteiger partial charge in [-0.15, -0.1) is 0 Å². The number of rotatable bonds is 6. The molecule has 7 nitrogen and oxygen atoms in total. The van der Waals surface area contributed by atoms with Crippen LogP contribution in [-0.2, 0) is 10.0 Å².